The first-order chi connectivity index (χ1) is 1.41. The molecule has 0 aliphatic rings. The van der Waals surface area contributed by atoms with Crippen molar-refractivity contribution in [2.24, 2.45) is 0 Å². The van der Waals surface area contributed by atoms with Crippen LogP contribution in [0.1, 0.15) is 0 Å². The summed E-state index contributed by atoms with van der Waals surface area (Å²) in [6.07, 6.45) is 9.90. The molecule has 22 valence electrons. The van der Waals surface area contributed by atoms with E-state index < -0.39 is 30.8 Å². The molecule has 0 aromatic heterocycles. The fourth-order valence-corrected chi connectivity index (χ4v) is 0. The van der Waals surface area contributed by atoms with E-state index >= 15 is 0 Å². The summed E-state index contributed by atoms with van der Waals surface area (Å²) in [4.78, 5) is 0. The van der Waals surface area contributed by atoms with E-state index in [9.17, 15) is 0 Å². The van der Waals surface area contributed by atoms with Crippen LogP contribution in [0.2, 0.25) is 0 Å². The average molecular weight is 177 g/mol. The van der Waals surface area contributed by atoms with Gasteiger partial charge in [0.25, 0.3) is 0 Å². The maximum absolute atomic E-state index is 4.95. The molecule has 5 heteroatoms. The fraction of sp³-hybridized carbons (Fsp3) is 0. The number of halogens is 2. The topological polar surface area (TPSA) is 0 Å². The molecular weight excluding hydrogens is 174 g/mol. The Hall–Kier alpha value is 4.24. The fourth-order valence-electron chi connectivity index (χ4n) is 0. The van der Waals surface area contributed by atoms with Crippen molar-refractivity contribution in [3.8, 4) is 0 Å². The Labute approximate surface area is 114 Å². The van der Waals surface area contributed by atoms with Gasteiger partial charge in [0.05, 0.1) is 0 Å². The molecule has 0 aromatic rings. The second-order valence-electron chi connectivity index (χ2n) is 0.101. The number of hydrogen-bond acceptors (Lipinski definition) is 0. The first-order valence-electron chi connectivity index (χ1n) is 0.535. The van der Waals surface area contributed by atoms with E-state index in [-0.39, 0.29) is 74.4 Å². The summed E-state index contributed by atoms with van der Waals surface area (Å²) in [5.74, 6) is 0. The van der Waals surface area contributed by atoms with Crippen molar-refractivity contribution < 1.29 is 0 Å². The van der Waals surface area contributed by atoms with E-state index in [1.54, 1.807) is 0 Å². The van der Waals surface area contributed by atoms with Crippen molar-refractivity contribution in [2.75, 3.05) is 0 Å². The summed E-state index contributed by atoms with van der Waals surface area (Å²) in [5, 5.41) is 0. The van der Waals surface area contributed by atoms with Crippen molar-refractivity contribution >= 4 is 118 Å². The molecule has 0 unspecified atom stereocenters. The van der Waals surface area contributed by atoms with Gasteiger partial charge < -0.3 is 0 Å². The Balaban J connectivity index is -0.0000000200. The predicted octanol–water partition coefficient (Wildman–Crippen LogP) is -0.567. The van der Waals surface area contributed by atoms with Crippen LogP contribution in [0, 0.1) is 0 Å². The van der Waals surface area contributed by atoms with Gasteiger partial charge in [-0.3, -0.25) is 0 Å². The molecule has 0 aromatic carbocycles. The van der Waals surface area contributed by atoms with E-state index in [0.717, 1.165) is 0 Å². The van der Waals surface area contributed by atoms with Crippen LogP contribution in [0.5, 0.6) is 0 Å². The molecule has 0 saturated heterocycles. The Morgan fingerprint density at radius 1 is 1.20 bits per heavy atom. The molecule has 0 aliphatic heterocycles. The van der Waals surface area contributed by atoms with Crippen molar-refractivity contribution in [1.82, 2.24) is 0 Å². The summed E-state index contributed by atoms with van der Waals surface area (Å²) in [5.41, 5.74) is 0. The number of rotatable bonds is 0. The molecule has 0 heterocycles. The van der Waals surface area contributed by atoms with Gasteiger partial charge in [0.15, 0.2) is 0 Å². The average Bonchev–Trinajstić information content (AvgIpc) is 0.918. The van der Waals surface area contributed by atoms with Crippen LogP contribution in [0.15, 0.2) is 0 Å². The van der Waals surface area contributed by atoms with Crippen LogP contribution in [0.25, 0.3) is 0 Å². The van der Waals surface area contributed by atoms with Crippen LogP contribution >= 0.6 is 12.8 Å². The summed E-state index contributed by atoms with van der Waals surface area (Å²) < 4.78 is 0. The minimum atomic E-state index is -0.931. The predicted molar refractivity (Wildman–Crippen MR) is 33.2 cm³/mol. The molecular formula is H3CaCl2KMg. The van der Waals surface area contributed by atoms with Gasteiger partial charge in [-0.25, -0.2) is 0 Å². The summed E-state index contributed by atoms with van der Waals surface area (Å²) in [6, 6.07) is 0. The number of hydrogen-bond donors (Lipinski definition) is 0. The monoisotopic (exact) mass is 176 g/mol. The zero-order chi connectivity index (χ0) is 2.71. The largest absolute Gasteiger partial charge is 0.316 e. The molecule has 0 amide bonds. The van der Waals surface area contributed by atoms with Gasteiger partial charge in [-0.15, -0.1) is 0 Å². The molecule has 0 N–H and O–H groups in total. The molecule has 0 rings (SSSR count). The first-order valence-corrected chi connectivity index (χ1v) is 6.61. The second kappa shape index (κ2) is 15.7. The second-order valence-corrected chi connectivity index (χ2v) is 3.75. The molecule has 0 aliphatic carbocycles. The van der Waals surface area contributed by atoms with Gasteiger partial charge in [-0.2, -0.15) is 0 Å². The quantitative estimate of drug-likeness (QED) is 0.435. The smallest absolute Gasteiger partial charge is 0.316 e. The Bertz CT molecular complexity index is 9.61. The zero-order valence-corrected chi connectivity index (χ0v) is 5.18. The van der Waals surface area contributed by atoms with Gasteiger partial charge in [-0.05, 0) is 0 Å². The minimum absolute atomic E-state index is 0. The van der Waals surface area contributed by atoms with Crippen molar-refractivity contribution in [3.05, 3.63) is 0 Å². The van der Waals surface area contributed by atoms with Crippen molar-refractivity contribution in [1.29, 1.82) is 0 Å². The molecule has 0 saturated carbocycles. The van der Waals surface area contributed by atoms with Gasteiger partial charge in [0, 0.05) is 0 Å². The molecule has 0 nitrogen and oxygen atoms in total. The molecule has 0 radical (unpaired) electrons. The standard InChI is InChI=1S/Ca.2ClH.K.Mg.3H/h;2*1H;;;;;/q+2;;;;;;;/p-2. The Kier molecular flexibility index (Phi) is 50.7. The third-order valence-corrected chi connectivity index (χ3v) is 0. The van der Waals surface area contributed by atoms with E-state index in [1.165, 1.54) is 0 Å². The summed E-state index contributed by atoms with van der Waals surface area (Å²) in [6.45, 7) is 0. The maximum atomic E-state index is 4.95. The van der Waals surface area contributed by atoms with Crippen LogP contribution in [-0.2, 0) is 0 Å². The SMILES string of the molecule is [Cl][Ca][Cl].[KH].[MgH2]. The zero-order valence-electron chi connectivity index (χ0n) is 1.46. The van der Waals surface area contributed by atoms with Gasteiger partial charge in [0.2, 0.25) is 0 Å². The van der Waals surface area contributed by atoms with E-state index in [4.69, 9.17) is 12.8 Å². The van der Waals surface area contributed by atoms with Gasteiger partial charge in [-0.1, -0.05) is 0 Å². The third-order valence-electron chi connectivity index (χ3n) is 0. The minimum Gasteiger partial charge on any atom is 0.316 e. The van der Waals surface area contributed by atoms with Gasteiger partial charge in [0.1, 0.15) is 0 Å². The Morgan fingerprint density at radius 3 is 1.20 bits per heavy atom. The maximum Gasteiger partial charge on any atom is 0.316 e. The molecule has 0 atom stereocenters. The van der Waals surface area contributed by atoms with Crippen molar-refractivity contribution in [2.45, 2.75) is 0 Å². The van der Waals surface area contributed by atoms with Crippen LogP contribution in [0.4, 0.5) is 0 Å². The van der Waals surface area contributed by atoms with Gasteiger partial charge >= 0.3 is 118 Å². The molecule has 0 fully saturated rings. The molecule has 0 spiro atoms. The van der Waals surface area contributed by atoms with Crippen LogP contribution in [0.3, 0.4) is 0 Å². The summed E-state index contributed by atoms with van der Waals surface area (Å²) in [7, 11) is 0. The van der Waals surface area contributed by atoms with Crippen LogP contribution < -0.4 is 0 Å². The van der Waals surface area contributed by atoms with E-state index in [0.29, 0.717) is 0 Å². The van der Waals surface area contributed by atoms with E-state index in [2.05, 4.69) is 0 Å². The Morgan fingerprint density at radius 2 is 1.20 bits per heavy atom. The molecule has 0 bridgehead atoms. The first kappa shape index (κ1) is 16.1. The third kappa shape index (κ3) is 17.8. The van der Waals surface area contributed by atoms with Crippen molar-refractivity contribution in [3.63, 3.8) is 0 Å². The normalized spacial score (nSPS) is 2.00. The van der Waals surface area contributed by atoms with E-state index in [1.807, 2.05) is 0 Å². The summed E-state index contributed by atoms with van der Waals surface area (Å²) >= 11 is -0.931. The molecule has 5 heavy (non-hydrogen) atoms. The van der Waals surface area contributed by atoms with Crippen LogP contribution in [-0.4, -0.2) is 105 Å².